The minimum Gasteiger partial charge on any atom is -0.394 e. The highest BCUT2D eigenvalue weighted by atomic mass is 16.3. The molecule has 1 unspecified atom stereocenters. The normalized spacial score (nSPS) is 15.2. The molecular weight excluding hydrogens is 214 g/mol. The summed E-state index contributed by atoms with van der Waals surface area (Å²) in [6, 6.07) is 0.352. The van der Waals surface area contributed by atoms with Crippen molar-refractivity contribution < 1.29 is 5.11 Å². The Hall–Kier alpha value is -0.870. The first-order chi connectivity index (χ1) is 8.00. The number of aryl methyl sites for hydroxylation is 1. The van der Waals surface area contributed by atoms with Gasteiger partial charge in [-0.15, -0.1) is 0 Å². The first-order valence-electron chi connectivity index (χ1n) is 6.39. The van der Waals surface area contributed by atoms with E-state index in [0.29, 0.717) is 6.04 Å². The lowest BCUT2D eigenvalue weighted by Gasteiger charge is -2.32. The molecule has 1 rings (SSSR count). The van der Waals surface area contributed by atoms with Gasteiger partial charge in [0.1, 0.15) is 5.82 Å². The molecule has 0 amide bonds. The van der Waals surface area contributed by atoms with Crippen LogP contribution < -0.4 is 5.32 Å². The Labute approximate surface area is 104 Å². The third-order valence-electron chi connectivity index (χ3n) is 2.78. The van der Waals surface area contributed by atoms with Gasteiger partial charge in [-0.1, -0.05) is 20.8 Å². The van der Waals surface area contributed by atoms with Gasteiger partial charge in [-0.2, -0.15) is 0 Å². The zero-order valence-corrected chi connectivity index (χ0v) is 11.4. The second kappa shape index (κ2) is 6.17. The molecule has 1 aromatic rings. The number of aliphatic hydroxyl groups is 1. The molecule has 4 nitrogen and oxygen atoms in total. The summed E-state index contributed by atoms with van der Waals surface area (Å²) in [5.74, 6) is 1.10. The summed E-state index contributed by atoms with van der Waals surface area (Å²) in [5, 5.41) is 13.0. The van der Waals surface area contributed by atoms with E-state index >= 15 is 0 Å². The van der Waals surface area contributed by atoms with Crippen molar-refractivity contribution in [2.24, 2.45) is 0 Å². The van der Waals surface area contributed by atoms with Crippen LogP contribution in [0.15, 0.2) is 12.4 Å². The van der Waals surface area contributed by atoms with Crippen molar-refractivity contribution in [3.8, 4) is 0 Å². The first kappa shape index (κ1) is 14.2. The van der Waals surface area contributed by atoms with E-state index in [-0.39, 0.29) is 12.1 Å². The summed E-state index contributed by atoms with van der Waals surface area (Å²) in [6.07, 6.45) is 5.89. The molecule has 98 valence electrons. The van der Waals surface area contributed by atoms with Crippen molar-refractivity contribution in [3.05, 3.63) is 18.2 Å². The van der Waals surface area contributed by atoms with Crippen LogP contribution in [0.25, 0.3) is 0 Å². The van der Waals surface area contributed by atoms with Crippen LogP contribution in [0.2, 0.25) is 0 Å². The third-order valence-corrected chi connectivity index (χ3v) is 2.78. The van der Waals surface area contributed by atoms with Crippen molar-refractivity contribution in [2.75, 3.05) is 6.61 Å². The number of imidazole rings is 1. The predicted octanol–water partition coefficient (Wildman–Crippen LogP) is 1.58. The minimum absolute atomic E-state index is 0.120. The largest absolute Gasteiger partial charge is 0.394 e. The fourth-order valence-corrected chi connectivity index (χ4v) is 2.15. The molecule has 1 aromatic heterocycles. The molecule has 0 aliphatic rings. The van der Waals surface area contributed by atoms with Gasteiger partial charge < -0.3 is 15.0 Å². The Bertz CT molecular complexity index is 335. The van der Waals surface area contributed by atoms with Gasteiger partial charge in [-0.05, 0) is 13.3 Å². The first-order valence-corrected chi connectivity index (χ1v) is 6.39. The molecule has 0 aliphatic heterocycles. The number of aromatic nitrogens is 2. The van der Waals surface area contributed by atoms with E-state index in [4.69, 9.17) is 0 Å². The highest BCUT2D eigenvalue weighted by Crippen LogP contribution is 2.11. The second-order valence-electron chi connectivity index (χ2n) is 5.24. The number of nitrogens with one attached hydrogen (secondary N) is 1. The molecule has 1 heterocycles. The Balaban J connectivity index is 2.75. The van der Waals surface area contributed by atoms with Gasteiger partial charge in [-0.3, -0.25) is 0 Å². The molecule has 0 bridgehead atoms. The quantitative estimate of drug-likeness (QED) is 0.759. The van der Waals surface area contributed by atoms with Gasteiger partial charge in [0.2, 0.25) is 0 Å². The van der Waals surface area contributed by atoms with Crippen LogP contribution in [-0.2, 0) is 13.0 Å². The van der Waals surface area contributed by atoms with E-state index in [1.54, 1.807) is 0 Å². The lowest BCUT2D eigenvalue weighted by atomic mass is 10.0. The van der Waals surface area contributed by atoms with Crippen LogP contribution in [0.3, 0.4) is 0 Å². The molecule has 0 aromatic carbocycles. The maximum Gasteiger partial charge on any atom is 0.108 e. The van der Waals surface area contributed by atoms with Crippen molar-refractivity contribution in [1.29, 1.82) is 0 Å². The van der Waals surface area contributed by atoms with Crippen LogP contribution >= 0.6 is 0 Å². The average molecular weight is 239 g/mol. The van der Waals surface area contributed by atoms with E-state index in [0.717, 1.165) is 25.2 Å². The SMILES string of the molecule is CCCc1nccn1CC(C)(CO)NC(C)C. The molecule has 0 radical (unpaired) electrons. The van der Waals surface area contributed by atoms with Gasteiger partial charge in [0, 0.05) is 31.4 Å². The summed E-state index contributed by atoms with van der Waals surface area (Å²) in [6.45, 7) is 9.24. The third kappa shape index (κ3) is 4.13. The lowest BCUT2D eigenvalue weighted by molar-refractivity contribution is 0.147. The van der Waals surface area contributed by atoms with Gasteiger partial charge in [0.05, 0.1) is 12.1 Å². The minimum atomic E-state index is -0.294. The molecule has 2 N–H and O–H groups in total. The Morgan fingerprint density at radius 1 is 1.53 bits per heavy atom. The summed E-state index contributed by atoms with van der Waals surface area (Å²) < 4.78 is 2.13. The van der Waals surface area contributed by atoms with Crippen molar-refractivity contribution in [3.63, 3.8) is 0 Å². The average Bonchev–Trinajstić information content (AvgIpc) is 2.65. The molecule has 17 heavy (non-hydrogen) atoms. The van der Waals surface area contributed by atoms with Crippen LogP contribution in [-0.4, -0.2) is 32.8 Å². The highest BCUT2D eigenvalue weighted by Gasteiger charge is 2.25. The molecule has 0 saturated carbocycles. The maximum absolute atomic E-state index is 9.56. The second-order valence-corrected chi connectivity index (χ2v) is 5.24. The van der Waals surface area contributed by atoms with Crippen LogP contribution in [0.1, 0.15) is 39.9 Å². The fourth-order valence-electron chi connectivity index (χ4n) is 2.15. The Kier molecular flexibility index (Phi) is 5.15. The fraction of sp³-hybridized carbons (Fsp3) is 0.769. The van der Waals surface area contributed by atoms with Gasteiger partial charge in [0.25, 0.3) is 0 Å². The van der Waals surface area contributed by atoms with E-state index in [9.17, 15) is 5.11 Å². The zero-order valence-electron chi connectivity index (χ0n) is 11.4. The van der Waals surface area contributed by atoms with Gasteiger partial charge in [-0.25, -0.2) is 4.98 Å². The predicted molar refractivity (Wildman–Crippen MR) is 70.0 cm³/mol. The maximum atomic E-state index is 9.56. The summed E-state index contributed by atoms with van der Waals surface area (Å²) >= 11 is 0. The van der Waals surface area contributed by atoms with Crippen molar-refractivity contribution in [2.45, 2.75) is 58.7 Å². The summed E-state index contributed by atoms with van der Waals surface area (Å²) in [5.41, 5.74) is -0.294. The van der Waals surface area contributed by atoms with E-state index in [1.807, 2.05) is 19.3 Å². The summed E-state index contributed by atoms with van der Waals surface area (Å²) in [4.78, 5) is 4.36. The Morgan fingerprint density at radius 3 is 2.76 bits per heavy atom. The van der Waals surface area contributed by atoms with Gasteiger partial charge >= 0.3 is 0 Å². The van der Waals surface area contributed by atoms with Gasteiger partial charge in [0.15, 0.2) is 0 Å². The van der Waals surface area contributed by atoms with E-state index in [2.05, 4.69) is 35.6 Å². The highest BCUT2D eigenvalue weighted by molar-refractivity contribution is 4.96. The van der Waals surface area contributed by atoms with Crippen LogP contribution in [0.4, 0.5) is 0 Å². The smallest absolute Gasteiger partial charge is 0.108 e. The van der Waals surface area contributed by atoms with Crippen LogP contribution in [0.5, 0.6) is 0 Å². The van der Waals surface area contributed by atoms with E-state index in [1.165, 1.54) is 0 Å². The number of rotatable bonds is 7. The molecule has 4 heteroatoms. The molecule has 1 atom stereocenters. The van der Waals surface area contributed by atoms with Crippen molar-refractivity contribution >= 4 is 0 Å². The molecule has 0 spiro atoms. The lowest BCUT2D eigenvalue weighted by Crippen LogP contribution is -2.52. The molecule has 0 fully saturated rings. The van der Waals surface area contributed by atoms with Crippen LogP contribution in [0, 0.1) is 0 Å². The number of nitrogens with zero attached hydrogens (tertiary/aromatic N) is 2. The number of aliphatic hydroxyl groups excluding tert-OH is 1. The van der Waals surface area contributed by atoms with Crippen molar-refractivity contribution in [1.82, 2.24) is 14.9 Å². The number of hydrogen-bond acceptors (Lipinski definition) is 3. The number of hydrogen-bond donors (Lipinski definition) is 2. The Morgan fingerprint density at radius 2 is 2.24 bits per heavy atom. The van der Waals surface area contributed by atoms with E-state index < -0.39 is 0 Å². The topological polar surface area (TPSA) is 50.1 Å². The standard InChI is InChI=1S/C13H25N3O/c1-5-6-12-14-7-8-16(12)9-13(4,10-17)15-11(2)3/h7-8,11,15,17H,5-6,9-10H2,1-4H3. The summed E-state index contributed by atoms with van der Waals surface area (Å²) in [7, 11) is 0. The zero-order chi connectivity index (χ0) is 12.9. The molecular formula is C13H25N3O. The monoisotopic (exact) mass is 239 g/mol. The molecule has 0 aliphatic carbocycles. The molecule has 0 saturated heterocycles.